The number of hydrogen-bond donors (Lipinski definition) is 1. The van der Waals surface area contributed by atoms with Gasteiger partial charge in [-0.1, -0.05) is 43.7 Å². The van der Waals surface area contributed by atoms with E-state index in [9.17, 15) is 14.7 Å². The third kappa shape index (κ3) is 5.76. The van der Waals surface area contributed by atoms with Gasteiger partial charge >= 0.3 is 5.97 Å². The zero-order valence-electron chi connectivity index (χ0n) is 17.3. The summed E-state index contributed by atoms with van der Waals surface area (Å²) in [4.78, 5) is 29.0. The molecule has 0 aliphatic rings. The summed E-state index contributed by atoms with van der Waals surface area (Å²) < 4.78 is 2.08. The normalized spacial score (nSPS) is 11.6. The maximum atomic E-state index is 11.7. The van der Waals surface area contributed by atoms with Gasteiger partial charge in [-0.2, -0.15) is 0 Å². The number of carboxylic acids is 1. The highest BCUT2D eigenvalue weighted by Gasteiger charge is 2.13. The predicted octanol–water partition coefficient (Wildman–Crippen LogP) is 5.25. The number of hydrogen-bond acceptors (Lipinski definition) is 4. The molecule has 2 aromatic heterocycles. The van der Waals surface area contributed by atoms with Crippen molar-refractivity contribution in [3.63, 3.8) is 0 Å². The Morgan fingerprint density at radius 3 is 2.57 bits per heavy atom. The minimum Gasteiger partial charge on any atom is -0.478 e. The van der Waals surface area contributed by atoms with Crippen LogP contribution < -0.4 is 0 Å². The first-order chi connectivity index (χ1) is 14.5. The Morgan fingerprint density at radius 1 is 1.20 bits per heavy atom. The molecule has 0 saturated heterocycles. The lowest BCUT2D eigenvalue weighted by atomic mass is 10.1. The van der Waals surface area contributed by atoms with Crippen molar-refractivity contribution in [1.82, 2.24) is 9.55 Å². The van der Waals surface area contributed by atoms with Crippen molar-refractivity contribution in [2.45, 2.75) is 46.1 Å². The number of nitrogens with zero attached hydrogens (tertiary/aromatic N) is 2. The minimum absolute atomic E-state index is 0.0483. The van der Waals surface area contributed by atoms with Crippen LogP contribution in [0.5, 0.6) is 0 Å². The lowest BCUT2D eigenvalue weighted by molar-refractivity contribution is -0.132. The average molecular weight is 423 g/mol. The molecule has 0 spiro atoms. The molecule has 0 fully saturated rings. The third-order valence-corrected chi connectivity index (χ3v) is 5.76. The first kappa shape index (κ1) is 21.7. The van der Waals surface area contributed by atoms with Crippen molar-refractivity contribution in [3.8, 4) is 0 Å². The van der Waals surface area contributed by atoms with E-state index < -0.39 is 5.97 Å². The second kappa shape index (κ2) is 10.2. The smallest absolute Gasteiger partial charge is 0.332 e. The number of unbranched alkanes of at least 4 members (excludes halogenated alkanes) is 1. The van der Waals surface area contributed by atoms with E-state index in [0.717, 1.165) is 35.5 Å². The zero-order valence-corrected chi connectivity index (χ0v) is 18.1. The van der Waals surface area contributed by atoms with Crippen molar-refractivity contribution >= 4 is 29.2 Å². The van der Waals surface area contributed by atoms with Crippen LogP contribution in [0.15, 0.2) is 53.5 Å². The zero-order chi connectivity index (χ0) is 21.5. The largest absolute Gasteiger partial charge is 0.478 e. The highest BCUT2D eigenvalue weighted by Crippen LogP contribution is 2.18. The molecule has 3 aromatic rings. The minimum atomic E-state index is -0.923. The highest BCUT2D eigenvalue weighted by atomic mass is 32.1. The Labute approximate surface area is 180 Å². The number of ketones is 1. The van der Waals surface area contributed by atoms with Gasteiger partial charge in [0.25, 0.3) is 0 Å². The molecule has 0 bridgehead atoms. The van der Waals surface area contributed by atoms with E-state index in [2.05, 4.69) is 11.5 Å². The first-order valence-electron chi connectivity index (χ1n) is 10.1. The van der Waals surface area contributed by atoms with E-state index in [1.165, 1.54) is 0 Å². The number of imidazole rings is 1. The van der Waals surface area contributed by atoms with E-state index in [0.29, 0.717) is 29.8 Å². The summed E-state index contributed by atoms with van der Waals surface area (Å²) in [6, 6.07) is 11.5. The first-order valence-corrected chi connectivity index (χ1v) is 11.0. The van der Waals surface area contributed by atoms with Gasteiger partial charge in [0.15, 0.2) is 5.78 Å². The summed E-state index contributed by atoms with van der Waals surface area (Å²) in [6.45, 7) is 4.33. The van der Waals surface area contributed by atoms with Gasteiger partial charge in [0.1, 0.15) is 5.82 Å². The topological polar surface area (TPSA) is 72.2 Å². The second-order valence-electron chi connectivity index (χ2n) is 7.30. The molecule has 1 aromatic carbocycles. The van der Waals surface area contributed by atoms with Crippen molar-refractivity contribution in [2.24, 2.45) is 0 Å². The quantitative estimate of drug-likeness (QED) is 0.358. The van der Waals surface area contributed by atoms with Gasteiger partial charge in [-0.25, -0.2) is 9.78 Å². The van der Waals surface area contributed by atoms with Gasteiger partial charge in [0.2, 0.25) is 0 Å². The van der Waals surface area contributed by atoms with Crippen LogP contribution in [0.1, 0.15) is 59.0 Å². The summed E-state index contributed by atoms with van der Waals surface area (Å²) in [7, 11) is 0. The van der Waals surface area contributed by atoms with Crippen LogP contribution in [0.3, 0.4) is 0 Å². The fraction of sp³-hybridized carbons (Fsp3) is 0.292. The van der Waals surface area contributed by atoms with Crippen LogP contribution in [0, 0.1) is 0 Å². The molecule has 0 atom stereocenters. The number of carbonyl (C=O) groups is 2. The van der Waals surface area contributed by atoms with Gasteiger partial charge < -0.3 is 9.67 Å². The predicted molar refractivity (Wildman–Crippen MR) is 120 cm³/mol. The van der Waals surface area contributed by atoms with Gasteiger partial charge in [0, 0.05) is 41.6 Å². The average Bonchev–Trinajstić information content (AvgIpc) is 3.36. The molecule has 2 heterocycles. The number of carboxylic acid groups (broad SMARTS) is 1. The fourth-order valence-electron chi connectivity index (χ4n) is 3.23. The van der Waals surface area contributed by atoms with Gasteiger partial charge in [-0.05, 0) is 36.4 Å². The summed E-state index contributed by atoms with van der Waals surface area (Å²) >= 11 is 1.55. The Hall–Kier alpha value is -2.99. The van der Waals surface area contributed by atoms with Crippen LogP contribution in [-0.2, 0) is 24.2 Å². The SMILES string of the molecule is CCCCc1nc(/C=C(/Cc2cccs2)C(=O)O)cn1Cc1ccc(C(C)=O)cc1. The van der Waals surface area contributed by atoms with Crippen LogP contribution in [-0.4, -0.2) is 26.4 Å². The number of aromatic nitrogens is 2. The maximum Gasteiger partial charge on any atom is 0.332 e. The van der Waals surface area contributed by atoms with Crippen LogP contribution in [0.4, 0.5) is 0 Å². The Kier molecular flexibility index (Phi) is 7.36. The molecular weight excluding hydrogens is 396 g/mol. The summed E-state index contributed by atoms with van der Waals surface area (Å²) in [5, 5.41) is 11.6. The van der Waals surface area contributed by atoms with E-state index in [1.807, 2.05) is 48.0 Å². The molecule has 1 N–H and O–H groups in total. The molecule has 156 valence electrons. The van der Waals surface area contributed by atoms with Gasteiger partial charge in [0.05, 0.1) is 5.69 Å². The highest BCUT2D eigenvalue weighted by molar-refractivity contribution is 7.09. The molecule has 0 aliphatic carbocycles. The molecule has 5 nitrogen and oxygen atoms in total. The Bertz CT molecular complexity index is 1030. The maximum absolute atomic E-state index is 11.7. The van der Waals surface area contributed by atoms with Crippen molar-refractivity contribution in [3.05, 3.63) is 81.1 Å². The number of aryl methyl sites for hydroxylation is 1. The molecular formula is C24H26N2O3S. The molecule has 30 heavy (non-hydrogen) atoms. The summed E-state index contributed by atoms with van der Waals surface area (Å²) in [5.41, 5.74) is 2.76. The lowest BCUT2D eigenvalue weighted by Gasteiger charge is -2.08. The number of rotatable bonds is 10. The van der Waals surface area contributed by atoms with Crippen LogP contribution >= 0.6 is 11.3 Å². The van der Waals surface area contributed by atoms with Crippen molar-refractivity contribution in [1.29, 1.82) is 0 Å². The number of Topliss-reactive ketones (excluding diaryl/α,β-unsaturated/α-hetero) is 1. The lowest BCUT2D eigenvalue weighted by Crippen LogP contribution is -2.04. The molecule has 0 radical (unpaired) electrons. The Balaban J connectivity index is 1.87. The van der Waals surface area contributed by atoms with Crippen molar-refractivity contribution in [2.75, 3.05) is 0 Å². The van der Waals surface area contributed by atoms with Crippen LogP contribution in [0.25, 0.3) is 6.08 Å². The number of aliphatic carboxylic acids is 1. The number of thiophene rings is 1. The molecule has 0 aliphatic heterocycles. The standard InChI is InChI=1S/C24H26N2O3S/c1-3-4-7-23-25-21(13-20(24(28)29)14-22-6-5-12-30-22)16-26(23)15-18-8-10-19(11-9-18)17(2)27/h5-6,8-13,16H,3-4,7,14-15H2,1-2H3,(H,28,29)/b20-13-. The summed E-state index contributed by atoms with van der Waals surface area (Å²) in [6.07, 6.45) is 6.89. The fourth-order valence-corrected chi connectivity index (χ4v) is 3.95. The second-order valence-corrected chi connectivity index (χ2v) is 8.33. The summed E-state index contributed by atoms with van der Waals surface area (Å²) in [5.74, 6) is 0.0691. The molecule has 0 saturated carbocycles. The Morgan fingerprint density at radius 2 is 1.97 bits per heavy atom. The van der Waals surface area contributed by atoms with Gasteiger partial charge in [-0.3, -0.25) is 4.79 Å². The van der Waals surface area contributed by atoms with E-state index in [-0.39, 0.29) is 5.78 Å². The monoisotopic (exact) mass is 422 g/mol. The molecule has 0 amide bonds. The number of carbonyl (C=O) groups excluding carboxylic acids is 1. The number of benzene rings is 1. The van der Waals surface area contributed by atoms with Crippen LogP contribution in [0.2, 0.25) is 0 Å². The molecule has 6 heteroatoms. The molecule has 3 rings (SSSR count). The van der Waals surface area contributed by atoms with Gasteiger partial charge in [-0.15, -0.1) is 11.3 Å². The van der Waals surface area contributed by atoms with E-state index >= 15 is 0 Å². The van der Waals surface area contributed by atoms with E-state index in [4.69, 9.17) is 4.98 Å². The van der Waals surface area contributed by atoms with E-state index in [1.54, 1.807) is 24.3 Å². The van der Waals surface area contributed by atoms with Crippen molar-refractivity contribution < 1.29 is 14.7 Å². The third-order valence-electron chi connectivity index (χ3n) is 4.89. The molecule has 0 unspecified atom stereocenters.